The first-order chi connectivity index (χ1) is 9.96. The first kappa shape index (κ1) is 16.4. The van der Waals surface area contributed by atoms with E-state index in [0.29, 0.717) is 37.8 Å². The molecule has 0 atom stereocenters. The number of ether oxygens (including phenoxy) is 1. The first-order valence-electron chi connectivity index (χ1n) is 7.19. The van der Waals surface area contributed by atoms with E-state index >= 15 is 0 Å². The number of aryl methyl sites for hydroxylation is 1. The van der Waals surface area contributed by atoms with Crippen molar-refractivity contribution in [1.29, 1.82) is 0 Å². The van der Waals surface area contributed by atoms with Gasteiger partial charge in [0.2, 0.25) is 0 Å². The highest BCUT2D eigenvalue weighted by Gasteiger charge is 2.29. The summed E-state index contributed by atoms with van der Waals surface area (Å²) >= 11 is 0. The molecule has 1 saturated heterocycles. The third kappa shape index (κ3) is 3.63. The molecule has 21 heavy (non-hydrogen) atoms. The second kappa shape index (κ2) is 6.87. The summed E-state index contributed by atoms with van der Waals surface area (Å²) in [5.41, 5.74) is 1.48. The molecule has 0 amide bonds. The van der Waals surface area contributed by atoms with Gasteiger partial charge in [0.25, 0.3) is 10.0 Å². The van der Waals surface area contributed by atoms with E-state index in [-0.39, 0.29) is 5.03 Å². The Kier molecular flexibility index (Phi) is 5.37. The quantitative estimate of drug-likeness (QED) is 0.797. The van der Waals surface area contributed by atoms with E-state index < -0.39 is 10.0 Å². The Morgan fingerprint density at radius 1 is 1.43 bits per heavy atom. The summed E-state index contributed by atoms with van der Waals surface area (Å²) in [6, 6.07) is 0. The fourth-order valence-corrected chi connectivity index (χ4v) is 3.97. The predicted molar refractivity (Wildman–Crippen MR) is 79.4 cm³/mol. The topological polar surface area (TPSA) is 87.3 Å². The Hall–Kier alpha value is -0.960. The molecule has 1 aliphatic heterocycles. The zero-order chi connectivity index (χ0) is 15.5. The third-order valence-corrected chi connectivity index (χ3v) is 5.70. The van der Waals surface area contributed by atoms with Crippen LogP contribution in [0.15, 0.2) is 5.03 Å². The van der Waals surface area contributed by atoms with Gasteiger partial charge in [0.1, 0.15) is 0 Å². The summed E-state index contributed by atoms with van der Waals surface area (Å²) in [5.74, 6) is 0.353. The van der Waals surface area contributed by atoms with E-state index in [2.05, 4.69) is 15.5 Å². The maximum absolute atomic E-state index is 12.7. The van der Waals surface area contributed by atoms with Crippen LogP contribution in [0, 0.1) is 12.8 Å². The molecule has 1 aromatic heterocycles. The molecule has 0 saturated carbocycles. The van der Waals surface area contributed by atoms with Gasteiger partial charge in [0, 0.05) is 44.6 Å². The first-order valence-corrected chi connectivity index (χ1v) is 8.63. The van der Waals surface area contributed by atoms with E-state index in [9.17, 15) is 8.42 Å². The highest BCUT2D eigenvalue weighted by atomic mass is 32.2. The van der Waals surface area contributed by atoms with Crippen LogP contribution in [-0.2, 0) is 21.3 Å². The van der Waals surface area contributed by atoms with Gasteiger partial charge in [-0.3, -0.25) is 5.10 Å². The SMILES string of the molecule is CNCc1c(S(=O)(=O)N(C)CC2CCOCC2)n[nH]c1C. The van der Waals surface area contributed by atoms with Crippen LogP contribution in [0.3, 0.4) is 0 Å². The third-order valence-electron chi connectivity index (χ3n) is 3.90. The Labute approximate surface area is 126 Å². The van der Waals surface area contributed by atoms with Gasteiger partial charge < -0.3 is 10.1 Å². The van der Waals surface area contributed by atoms with E-state index in [1.54, 1.807) is 14.1 Å². The van der Waals surface area contributed by atoms with Crippen molar-refractivity contribution in [2.45, 2.75) is 31.3 Å². The standard InChI is InChI=1S/C13H24N4O3S/c1-10-12(8-14-2)13(16-15-10)21(18,19)17(3)9-11-4-6-20-7-5-11/h11,14H,4-9H2,1-3H3,(H,15,16). The maximum atomic E-state index is 12.7. The summed E-state index contributed by atoms with van der Waals surface area (Å²) in [7, 11) is -0.151. The van der Waals surface area contributed by atoms with Crippen LogP contribution in [0.25, 0.3) is 0 Å². The molecule has 2 heterocycles. The van der Waals surface area contributed by atoms with Gasteiger partial charge in [0.15, 0.2) is 5.03 Å². The lowest BCUT2D eigenvalue weighted by molar-refractivity contribution is 0.0620. The predicted octanol–water partition coefficient (Wildman–Crippen LogP) is 0.485. The van der Waals surface area contributed by atoms with Crippen LogP contribution < -0.4 is 5.32 Å². The maximum Gasteiger partial charge on any atom is 0.262 e. The molecule has 0 aromatic carbocycles. The summed E-state index contributed by atoms with van der Waals surface area (Å²) in [5, 5.41) is 9.88. The Balaban J connectivity index is 2.16. The minimum atomic E-state index is -3.56. The van der Waals surface area contributed by atoms with Crippen molar-refractivity contribution in [2.24, 2.45) is 5.92 Å². The summed E-state index contributed by atoms with van der Waals surface area (Å²) in [4.78, 5) is 0. The molecule has 0 unspecified atom stereocenters. The van der Waals surface area contributed by atoms with Crippen molar-refractivity contribution in [2.75, 3.05) is 33.9 Å². The van der Waals surface area contributed by atoms with Gasteiger partial charge >= 0.3 is 0 Å². The number of sulfonamides is 1. The monoisotopic (exact) mass is 316 g/mol. The molecule has 120 valence electrons. The van der Waals surface area contributed by atoms with Gasteiger partial charge in [-0.15, -0.1) is 0 Å². The molecular formula is C13H24N4O3S. The lowest BCUT2D eigenvalue weighted by atomic mass is 10.0. The second-order valence-electron chi connectivity index (χ2n) is 5.50. The Morgan fingerprint density at radius 3 is 2.71 bits per heavy atom. The number of nitrogens with one attached hydrogen (secondary N) is 2. The average Bonchev–Trinajstić information content (AvgIpc) is 2.82. The number of aromatic amines is 1. The van der Waals surface area contributed by atoms with Crippen LogP contribution in [0.5, 0.6) is 0 Å². The molecule has 8 heteroatoms. The van der Waals surface area contributed by atoms with Crippen molar-refractivity contribution in [3.63, 3.8) is 0 Å². The smallest absolute Gasteiger partial charge is 0.262 e. The number of H-pyrrole nitrogens is 1. The minimum absolute atomic E-state index is 0.129. The molecule has 2 rings (SSSR count). The number of hydrogen-bond acceptors (Lipinski definition) is 5. The Morgan fingerprint density at radius 2 is 2.10 bits per heavy atom. The van der Waals surface area contributed by atoms with Crippen molar-refractivity contribution in [3.8, 4) is 0 Å². The van der Waals surface area contributed by atoms with Crippen LogP contribution in [0.2, 0.25) is 0 Å². The average molecular weight is 316 g/mol. The second-order valence-corrected chi connectivity index (χ2v) is 7.46. The van der Waals surface area contributed by atoms with Crippen molar-refractivity contribution >= 4 is 10.0 Å². The summed E-state index contributed by atoms with van der Waals surface area (Å²) < 4.78 is 32.1. The zero-order valence-corrected chi connectivity index (χ0v) is 13.7. The van der Waals surface area contributed by atoms with Crippen molar-refractivity contribution in [1.82, 2.24) is 19.8 Å². The van der Waals surface area contributed by atoms with Gasteiger partial charge in [-0.2, -0.15) is 9.40 Å². The van der Waals surface area contributed by atoms with Crippen molar-refractivity contribution in [3.05, 3.63) is 11.3 Å². The van der Waals surface area contributed by atoms with E-state index in [1.807, 2.05) is 6.92 Å². The highest BCUT2D eigenvalue weighted by molar-refractivity contribution is 7.89. The Bertz CT molecular complexity index is 564. The zero-order valence-electron chi connectivity index (χ0n) is 12.8. The van der Waals surface area contributed by atoms with Crippen LogP contribution in [-0.4, -0.2) is 56.8 Å². The molecule has 0 bridgehead atoms. The van der Waals surface area contributed by atoms with Gasteiger partial charge in [-0.1, -0.05) is 0 Å². The van der Waals surface area contributed by atoms with Gasteiger partial charge in [-0.05, 0) is 32.7 Å². The van der Waals surface area contributed by atoms with E-state index in [4.69, 9.17) is 4.74 Å². The van der Waals surface area contributed by atoms with Gasteiger partial charge in [0.05, 0.1) is 0 Å². The molecule has 0 spiro atoms. The summed E-state index contributed by atoms with van der Waals surface area (Å²) in [6.07, 6.45) is 1.81. The van der Waals surface area contributed by atoms with Crippen molar-refractivity contribution < 1.29 is 13.2 Å². The molecule has 0 aliphatic carbocycles. The number of rotatable bonds is 6. The highest BCUT2D eigenvalue weighted by Crippen LogP contribution is 2.22. The lowest BCUT2D eigenvalue weighted by Gasteiger charge is -2.26. The van der Waals surface area contributed by atoms with Crippen LogP contribution in [0.4, 0.5) is 0 Å². The van der Waals surface area contributed by atoms with E-state index in [0.717, 1.165) is 18.5 Å². The fraction of sp³-hybridized carbons (Fsp3) is 0.769. The molecular weight excluding hydrogens is 292 g/mol. The largest absolute Gasteiger partial charge is 0.381 e. The molecule has 1 fully saturated rings. The van der Waals surface area contributed by atoms with Gasteiger partial charge in [-0.25, -0.2) is 8.42 Å². The lowest BCUT2D eigenvalue weighted by Crippen LogP contribution is -2.35. The number of aromatic nitrogens is 2. The molecule has 1 aliphatic rings. The molecule has 7 nitrogen and oxygen atoms in total. The minimum Gasteiger partial charge on any atom is -0.381 e. The van der Waals surface area contributed by atoms with Crippen LogP contribution in [0.1, 0.15) is 24.1 Å². The normalized spacial score (nSPS) is 17.5. The molecule has 2 N–H and O–H groups in total. The summed E-state index contributed by atoms with van der Waals surface area (Å²) in [6.45, 7) is 4.24. The molecule has 0 radical (unpaired) electrons. The fourth-order valence-electron chi connectivity index (χ4n) is 2.57. The van der Waals surface area contributed by atoms with Crippen LogP contribution >= 0.6 is 0 Å². The molecule has 1 aromatic rings. The number of nitrogens with zero attached hydrogens (tertiary/aromatic N) is 2. The van der Waals surface area contributed by atoms with E-state index in [1.165, 1.54) is 4.31 Å². The number of hydrogen-bond donors (Lipinski definition) is 2.